The van der Waals surface area contributed by atoms with E-state index in [9.17, 15) is 25.1 Å². The largest absolute Gasteiger partial charge is 0.874 e. The first-order chi connectivity index (χ1) is 11.9. The molecule has 0 saturated heterocycles. The standard InChI is InChI=1S/C16H14N4O5/c1-10(21)15(16(23)17-11-5-3-2-4-6-11)19-18-13-9-12(20(24)25)7-8-14(13)22/h2-9,21-22H,1H3,(H,17,23)/p-2/b15-10-,19-18?. The fourth-order valence-electron chi connectivity index (χ4n) is 1.79. The molecule has 0 unspecified atom stereocenters. The molecular weight excluding hydrogens is 328 g/mol. The zero-order valence-electron chi connectivity index (χ0n) is 13.0. The number of nitro groups is 1. The van der Waals surface area contributed by atoms with Crippen molar-refractivity contribution in [1.29, 1.82) is 0 Å². The van der Waals surface area contributed by atoms with Crippen molar-refractivity contribution in [3.63, 3.8) is 0 Å². The summed E-state index contributed by atoms with van der Waals surface area (Å²) in [6, 6.07) is 11.3. The minimum atomic E-state index is -0.805. The lowest BCUT2D eigenvalue weighted by molar-refractivity contribution is -0.385. The average Bonchev–Trinajstić information content (AvgIpc) is 2.57. The van der Waals surface area contributed by atoms with E-state index in [1.165, 1.54) is 0 Å². The van der Waals surface area contributed by atoms with Gasteiger partial charge in [-0.05, 0) is 12.1 Å². The molecule has 0 saturated carbocycles. The first-order valence-corrected chi connectivity index (χ1v) is 7.00. The Morgan fingerprint density at radius 2 is 1.84 bits per heavy atom. The number of hydrogen-bond acceptors (Lipinski definition) is 7. The summed E-state index contributed by atoms with van der Waals surface area (Å²) in [5.41, 5.74) is -0.789. The summed E-state index contributed by atoms with van der Waals surface area (Å²) in [4.78, 5) is 22.2. The Kier molecular flexibility index (Phi) is 5.41. The van der Waals surface area contributed by atoms with Crippen LogP contribution in [0.25, 0.3) is 0 Å². The lowest BCUT2D eigenvalue weighted by atomic mass is 10.2. The normalized spacial score (nSPS) is 11.9. The van der Waals surface area contributed by atoms with Gasteiger partial charge in [0.2, 0.25) is 0 Å². The number of anilines is 1. The average molecular weight is 340 g/mol. The molecule has 0 aliphatic rings. The van der Waals surface area contributed by atoms with Crippen LogP contribution < -0.4 is 15.5 Å². The van der Waals surface area contributed by atoms with E-state index >= 15 is 0 Å². The Morgan fingerprint density at radius 1 is 1.16 bits per heavy atom. The van der Waals surface area contributed by atoms with Crippen LogP contribution in [-0.2, 0) is 4.79 Å². The van der Waals surface area contributed by atoms with Crippen molar-refractivity contribution in [2.24, 2.45) is 10.2 Å². The lowest BCUT2D eigenvalue weighted by Gasteiger charge is -2.12. The Morgan fingerprint density at radius 3 is 2.44 bits per heavy atom. The molecule has 9 nitrogen and oxygen atoms in total. The number of para-hydroxylation sites is 1. The molecule has 2 aromatic carbocycles. The van der Waals surface area contributed by atoms with Crippen LogP contribution in [0.1, 0.15) is 6.92 Å². The molecular formula is C16H12N4O5-2. The molecule has 9 heteroatoms. The SMILES string of the molecule is C/C([O-])=C(/N=Nc1cc([N+](=O)[O-])ccc1[O-])C(=O)Nc1ccccc1. The number of azo groups is 1. The molecule has 0 atom stereocenters. The van der Waals surface area contributed by atoms with Crippen molar-refractivity contribution in [1.82, 2.24) is 0 Å². The second-order valence-electron chi connectivity index (χ2n) is 4.83. The highest BCUT2D eigenvalue weighted by molar-refractivity contribution is 6.03. The van der Waals surface area contributed by atoms with Gasteiger partial charge in [0.15, 0.2) is 0 Å². The molecule has 0 aromatic heterocycles. The van der Waals surface area contributed by atoms with Gasteiger partial charge in [0.1, 0.15) is 5.70 Å². The summed E-state index contributed by atoms with van der Waals surface area (Å²) in [5.74, 6) is -2.10. The Bertz CT molecular complexity index is 858. The molecule has 0 bridgehead atoms. The fraction of sp³-hybridized carbons (Fsp3) is 0.0625. The summed E-state index contributed by atoms with van der Waals surface area (Å²) >= 11 is 0. The van der Waals surface area contributed by atoms with Gasteiger partial charge in [-0.15, -0.1) is 10.9 Å². The number of nitro benzene ring substituents is 1. The summed E-state index contributed by atoms with van der Waals surface area (Å²) in [7, 11) is 0. The molecule has 0 aliphatic heterocycles. The number of allylic oxidation sites excluding steroid dienone is 1. The molecule has 0 aliphatic carbocycles. The maximum Gasteiger partial charge on any atom is 0.275 e. The molecule has 0 radical (unpaired) electrons. The van der Waals surface area contributed by atoms with E-state index in [0.29, 0.717) is 5.69 Å². The van der Waals surface area contributed by atoms with Crippen molar-refractivity contribution in [3.05, 3.63) is 70.1 Å². The fourth-order valence-corrected chi connectivity index (χ4v) is 1.79. The highest BCUT2D eigenvalue weighted by atomic mass is 16.6. The van der Waals surface area contributed by atoms with Crippen LogP contribution in [0.5, 0.6) is 5.75 Å². The molecule has 0 heterocycles. The second kappa shape index (κ2) is 7.68. The smallest absolute Gasteiger partial charge is 0.275 e. The first kappa shape index (κ1) is 17.6. The number of nitrogens with zero attached hydrogens (tertiary/aromatic N) is 3. The summed E-state index contributed by atoms with van der Waals surface area (Å²) in [6.07, 6.45) is 0. The topological polar surface area (TPSA) is 143 Å². The van der Waals surface area contributed by atoms with Gasteiger partial charge >= 0.3 is 0 Å². The predicted octanol–water partition coefficient (Wildman–Crippen LogP) is 1.98. The van der Waals surface area contributed by atoms with Gasteiger partial charge in [0, 0.05) is 17.8 Å². The molecule has 2 aromatic rings. The molecule has 0 spiro atoms. The highest BCUT2D eigenvalue weighted by Crippen LogP contribution is 2.29. The number of carbonyl (C=O) groups is 1. The van der Waals surface area contributed by atoms with E-state index in [2.05, 4.69) is 15.5 Å². The van der Waals surface area contributed by atoms with Crippen LogP contribution in [-0.4, -0.2) is 10.8 Å². The van der Waals surface area contributed by atoms with Gasteiger partial charge in [-0.1, -0.05) is 36.9 Å². The molecule has 0 fully saturated rings. The number of rotatable bonds is 5. The Balaban J connectivity index is 2.27. The van der Waals surface area contributed by atoms with Crippen molar-refractivity contribution < 1.29 is 19.9 Å². The van der Waals surface area contributed by atoms with Crippen molar-refractivity contribution >= 4 is 23.0 Å². The van der Waals surface area contributed by atoms with E-state index in [1.54, 1.807) is 30.3 Å². The predicted molar refractivity (Wildman–Crippen MR) is 84.8 cm³/mol. The van der Waals surface area contributed by atoms with E-state index in [4.69, 9.17) is 0 Å². The third kappa shape index (κ3) is 4.61. The number of benzene rings is 2. The molecule has 2 rings (SSSR count). The van der Waals surface area contributed by atoms with Crippen molar-refractivity contribution in [3.8, 4) is 5.75 Å². The Hall–Kier alpha value is -3.75. The number of amides is 1. The number of non-ortho nitro benzene ring substituents is 1. The van der Waals surface area contributed by atoms with Crippen LogP contribution in [0.4, 0.5) is 17.1 Å². The Labute approximate surface area is 142 Å². The first-order valence-electron chi connectivity index (χ1n) is 7.00. The van der Waals surface area contributed by atoms with E-state index in [1.807, 2.05) is 0 Å². The minimum absolute atomic E-state index is 0.347. The summed E-state index contributed by atoms with van der Waals surface area (Å²) < 4.78 is 0. The minimum Gasteiger partial charge on any atom is -0.874 e. The highest BCUT2D eigenvalue weighted by Gasteiger charge is 2.11. The van der Waals surface area contributed by atoms with Crippen LogP contribution in [0.3, 0.4) is 0 Å². The van der Waals surface area contributed by atoms with Gasteiger partial charge in [-0.3, -0.25) is 14.9 Å². The molecule has 1 amide bonds. The van der Waals surface area contributed by atoms with Crippen LogP contribution in [0.15, 0.2) is 70.2 Å². The van der Waals surface area contributed by atoms with Gasteiger partial charge in [0.25, 0.3) is 11.6 Å². The molecule has 128 valence electrons. The number of carbonyl (C=O) groups excluding carboxylic acids is 1. The molecule has 25 heavy (non-hydrogen) atoms. The van der Waals surface area contributed by atoms with Crippen LogP contribution >= 0.6 is 0 Å². The zero-order chi connectivity index (χ0) is 18.4. The summed E-state index contributed by atoms with van der Waals surface area (Å²) in [6.45, 7) is 1.12. The van der Waals surface area contributed by atoms with E-state index < -0.39 is 28.0 Å². The third-order valence-corrected chi connectivity index (χ3v) is 2.99. The zero-order valence-corrected chi connectivity index (χ0v) is 13.0. The van der Waals surface area contributed by atoms with Crippen molar-refractivity contribution in [2.45, 2.75) is 6.92 Å². The van der Waals surface area contributed by atoms with Gasteiger partial charge < -0.3 is 15.5 Å². The maximum absolute atomic E-state index is 12.1. The second-order valence-corrected chi connectivity index (χ2v) is 4.83. The monoisotopic (exact) mass is 340 g/mol. The number of hydrogen-bond donors (Lipinski definition) is 1. The third-order valence-electron chi connectivity index (χ3n) is 2.99. The van der Waals surface area contributed by atoms with E-state index in [0.717, 1.165) is 25.1 Å². The van der Waals surface area contributed by atoms with Gasteiger partial charge in [-0.25, -0.2) is 0 Å². The van der Waals surface area contributed by atoms with E-state index in [-0.39, 0.29) is 11.4 Å². The van der Waals surface area contributed by atoms with Crippen molar-refractivity contribution in [2.75, 3.05) is 5.32 Å². The lowest BCUT2D eigenvalue weighted by Crippen LogP contribution is -2.17. The number of nitrogens with one attached hydrogen (secondary N) is 1. The maximum atomic E-state index is 12.1. The van der Waals surface area contributed by atoms with Crippen LogP contribution in [0.2, 0.25) is 0 Å². The summed E-state index contributed by atoms with van der Waals surface area (Å²) in [5, 5.41) is 43.5. The molecule has 1 N–H and O–H groups in total. The van der Waals surface area contributed by atoms with Crippen LogP contribution in [0, 0.1) is 10.1 Å². The van der Waals surface area contributed by atoms with Gasteiger partial charge in [-0.2, -0.15) is 5.11 Å². The van der Waals surface area contributed by atoms with Gasteiger partial charge in [0.05, 0.1) is 10.6 Å². The quantitative estimate of drug-likeness (QED) is 0.291.